The van der Waals surface area contributed by atoms with Crippen molar-refractivity contribution in [3.8, 4) is 11.8 Å². The minimum absolute atomic E-state index is 0.0358. The number of aliphatic hydroxyl groups excluding tert-OH is 1. The smallest absolute Gasteiger partial charge is 0.256 e. The second-order valence-electron chi connectivity index (χ2n) is 8.44. The van der Waals surface area contributed by atoms with Gasteiger partial charge in [0.05, 0.1) is 10.6 Å². The zero-order chi connectivity index (χ0) is 18.0. The predicted molar refractivity (Wildman–Crippen MR) is 104 cm³/mol. The van der Waals surface area contributed by atoms with E-state index in [1.54, 1.807) is 11.3 Å². The molecule has 1 aromatic heterocycles. The first-order valence-corrected chi connectivity index (χ1v) is 10.4. The normalized spacial score (nSPS) is 25.6. The lowest BCUT2D eigenvalue weighted by molar-refractivity contribution is -0.129. The van der Waals surface area contributed by atoms with E-state index < -0.39 is 6.10 Å². The van der Waals surface area contributed by atoms with Gasteiger partial charge in [-0.15, -0.1) is 11.3 Å². The lowest BCUT2D eigenvalue weighted by atomic mass is 9.79. The third-order valence-electron chi connectivity index (χ3n) is 5.21. The van der Waals surface area contributed by atoms with Gasteiger partial charge in [-0.05, 0) is 58.4 Å². The molecule has 1 unspecified atom stereocenters. The first-order valence-electron chi connectivity index (χ1n) is 9.48. The topological polar surface area (TPSA) is 40.5 Å². The van der Waals surface area contributed by atoms with Gasteiger partial charge in [0.25, 0.3) is 5.91 Å². The van der Waals surface area contributed by atoms with Crippen molar-refractivity contribution in [1.29, 1.82) is 0 Å². The molecule has 3 rings (SSSR count). The van der Waals surface area contributed by atoms with Crippen molar-refractivity contribution in [1.82, 2.24) is 0 Å². The summed E-state index contributed by atoms with van der Waals surface area (Å²) >= 11 is 1.59. The number of carbonyl (C=O) groups excluding carboxylic acids is 1. The van der Waals surface area contributed by atoms with Crippen LogP contribution in [-0.2, 0) is 4.79 Å². The van der Waals surface area contributed by atoms with Gasteiger partial charge in [0.1, 0.15) is 6.10 Å². The quantitative estimate of drug-likeness (QED) is 0.785. The molecule has 25 heavy (non-hydrogen) atoms. The van der Waals surface area contributed by atoms with Crippen molar-refractivity contribution < 1.29 is 9.90 Å². The van der Waals surface area contributed by atoms with Crippen LogP contribution in [0.25, 0.3) is 0 Å². The summed E-state index contributed by atoms with van der Waals surface area (Å²) < 4.78 is 0. The molecule has 1 N–H and O–H groups in total. The largest absolute Gasteiger partial charge is 0.383 e. The zero-order valence-electron chi connectivity index (χ0n) is 15.5. The Kier molecular flexibility index (Phi) is 5.55. The molecule has 0 bridgehead atoms. The van der Waals surface area contributed by atoms with Crippen LogP contribution in [0.3, 0.4) is 0 Å². The molecule has 136 valence electrons. The van der Waals surface area contributed by atoms with Gasteiger partial charge >= 0.3 is 0 Å². The molecule has 0 spiro atoms. The molecule has 2 atom stereocenters. The Hall–Kier alpha value is -1.31. The number of rotatable bonds is 2. The Morgan fingerprint density at radius 2 is 1.88 bits per heavy atom. The van der Waals surface area contributed by atoms with E-state index >= 15 is 0 Å². The highest BCUT2D eigenvalue weighted by Gasteiger charge is 2.39. The number of aliphatic hydroxyl groups is 1. The van der Waals surface area contributed by atoms with Gasteiger partial charge < -0.3 is 10.0 Å². The fraction of sp³-hybridized carbons (Fsp3) is 0.667. The van der Waals surface area contributed by atoms with Crippen molar-refractivity contribution >= 4 is 22.9 Å². The Morgan fingerprint density at radius 3 is 2.56 bits per heavy atom. The van der Waals surface area contributed by atoms with Gasteiger partial charge in [-0.2, -0.15) is 0 Å². The molecule has 2 fully saturated rings. The van der Waals surface area contributed by atoms with Crippen LogP contribution >= 0.6 is 11.3 Å². The molecular weight excluding hydrogens is 330 g/mol. The van der Waals surface area contributed by atoms with Crippen molar-refractivity contribution in [2.75, 3.05) is 4.90 Å². The molecule has 1 amide bonds. The highest BCUT2D eigenvalue weighted by atomic mass is 32.1. The number of anilines is 1. The second kappa shape index (κ2) is 7.51. The summed E-state index contributed by atoms with van der Waals surface area (Å²) in [6, 6.07) is 2.25. The summed E-state index contributed by atoms with van der Waals surface area (Å²) in [5.41, 5.74) is 0.883. The summed E-state index contributed by atoms with van der Waals surface area (Å²) in [6.45, 7) is 6.29. The van der Waals surface area contributed by atoms with Gasteiger partial charge in [0.15, 0.2) is 0 Å². The molecule has 1 saturated carbocycles. The van der Waals surface area contributed by atoms with E-state index in [-0.39, 0.29) is 17.4 Å². The highest BCUT2D eigenvalue weighted by molar-refractivity contribution is 7.11. The number of amides is 1. The number of carbonyl (C=O) groups is 1. The van der Waals surface area contributed by atoms with Crippen molar-refractivity contribution in [3.05, 3.63) is 16.3 Å². The van der Waals surface area contributed by atoms with Crippen molar-refractivity contribution in [3.63, 3.8) is 0 Å². The molecule has 1 aromatic rings. The lowest BCUT2D eigenvalue weighted by Crippen LogP contribution is -2.53. The molecule has 0 aromatic carbocycles. The van der Waals surface area contributed by atoms with Crippen LogP contribution in [0.4, 0.5) is 5.69 Å². The van der Waals surface area contributed by atoms with E-state index in [1.807, 2.05) is 16.3 Å². The van der Waals surface area contributed by atoms with Gasteiger partial charge in [-0.3, -0.25) is 4.79 Å². The van der Waals surface area contributed by atoms with Crippen LogP contribution in [0.15, 0.2) is 11.4 Å². The average Bonchev–Trinajstić information content (AvgIpc) is 3.04. The number of piperidine rings is 1. The van der Waals surface area contributed by atoms with Crippen molar-refractivity contribution in [2.45, 2.75) is 77.9 Å². The highest BCUT2D eigenvalue weighted by Crippen LogP contribution is 2.38. The zero-order valence-corrected chi connectivity index (χ0v) is 16.4. The van der Waals surface area contributed by atoms with Crippen LogP contribution in [-0.4, -0.2) is 23.2 Å². The molecule has 1 aliphatic heterocycles. The molecular formula is C21H29NO2S. The van der Waals surface area contributed by atoms with Gasteiger partial charge in [-0.25, -0.2) is 0 Å². The van der Waals surface area contributed by atoms with E-state index in [0.717, 1.165) is 17.0 Å². The minimum Gasteiger partial charge on any atom is -0.383 e. The maximum absolute atomic E-state index is 12.7. The number of hydrogen-bond donors (Lipinski definition) is 1. The number of hydrogen-bond acceptors (Lipinski definition) is 3. The average molecular weight is 360 g/mol. The molecule has 2 heterocycles. The Morgan fingerprint density at radius 1 is 1.16 bits per heavy atom. The minimum atomic E-state index is -0.858. The van der Waals surface area contributed by atoms with Crippen LogP contribution < -0.4 is 4.90 Å². The number of nitrogens with zero attached hydrogens (tertiary/aromatic N) is 1. The van der Waals surface area contributed by atoms with E-state index in [4.69, 9.17) is 0 Å². The molecule has 1 saturated heterocycles. The summed E-state index contributed by atoms with van der Waals surface area (Å²) in [5, 5.41) is 12.2. The molecule has 4 heteroatoms. The summed E-state index contributed by atoms with van der Waals surface area (Å²) in [7, 11) is 0. The maximum atomic E-state index is 12.7. The Balaban J connectivity index is 1.86. The van der Waals surface area contributed by atoms with Crippen LogP contribution in [0, 0.1) is 23.2 Å². The molecule has 1 aliphatic carbocycles. The van der Waals surface area contributed by atoms with E-state index in [1.165, 1.54) is 32.1 Å². The monoisotopic (exact) mass is 359 g/mol. The van der Waals surface area contributed by atoms with Crippen molar-refractivity contribution in [2.24, 2.45) is 11.3 Å². The standard InChI is InChI=1S/C21H29NO2S/c1-21(2,3)12-11-17-13-16(14-25-17)22-18(9-10-19(23)20(22)24)15-7-5-4-6-8-15/h13-15,18-19,23H,4-10H2,1-3H3/t18?,19-/m0/s1. The maximum Gasteiger partial charge on any atom is 0.256 e. The summed E-state index contributed by atoms with van der Waals surface area (Å²) in [5.74, 6) is 6.92. The first kappa shape index (κ1) is 18.5. The fourth-order valence-electron chi connectivity index (χ4n) is 3.96. The Labute approximate surface area is 155 Å². The Bertz CT molecular complexity index is 670. The molecule has 2 aliphatic rings. The lowest BCUT2D eigenvalue weighted by Gasteiger charge is -2.42. The van der Waals surface area contributed by atoms with Crippen LogP contribution in [0.1, 0.15) is 70.6 Å². The van der Waals surface area contributed by atoms with Gasteiger partial charge in [0.2, 0.25) is 0 Å². The van der Waals surface area contributed by atoms with E-state index in [2.05, 4.69) is 32.6 Å². The predicted octanol–water partition coefficient (Wildman–Crippen LogP) is 4.58. The van der Waals surface area contributed by atoms with Gasteiger partial charge in [-0.1, -0.05) is 31.1 Å². The SMILES string of the molecule is CC(C)(C)C#Cc1cc(N2C(=O)[C@@H](O)CCC2C2CCCCC2)cs1. The first-order chi connectivity index (χ1) is 11.8. The van der Waals surface area contributed by atoms with Gasteiger partial charge in [0, 0.05) is 16.8 Å². The second-order valence-corrected chi connectivity index (χ2v) is 9.35. The fourth-order valence-corrected chi connectivity index (χ4v) is 4.68. The third-order valence-corrected chi connectivity index (χ3v) is 6.04. The molecule has 3 nitrogen and oxygen atoms in total. The summed E-state index contributed by atoms with van der Waals surface area (Å²) in [6.07, 6.45) is 6.87. The van der Waals surface area contributed by atoms with E-state index in [9.17, 15) is 9.90 Å². The third kappa shape index (κ3) is 4.46. The molecule has 0 radical (unpaired) electrons. The van der Waals surface area contributed by atoms with Crippen LogP contribution in [0.2, 0.25) is 0 Å². The number of thiophene rings is 1. The van der Waals surface area contributed by atoms with Crippen LogP contribution in [0.5, 0.6) is 0 Å². The van der Waals surface area contributed by atoms with E-state index in [0.29, 0.717) is 12.3 Å². The summed E-state index contributed by atoms with van der Waals surface area (Å²) in [4.78, 5) is 15.6.